The van der Waals surface area contributed by atoms with Gasteiger partial charge in [-0.05, 0) is 36.2 Å². The zero-order valence-corrected chi connectivity index (χ0v) is 19.9. The summed E-state index contributed by atoms with van der Waals surface area (Å²) in [7, 11) is 1.96. The number of benzene rings is 2. The average molecular weight is 472 g/mol. The van der Waals surface area contributed by atoms with Crippen LogP contribution in [0.4, 0.5) is 0 Å². The highest BCUT2D eigenvalue weighted by atomic mass is 32.2. The van der Waals surface area contributed by atoms with Crippen LogP contribution >= 0.6 is 11.8 Å². The molecule has 0 spiro atoms. The van der Waals surface area contributed by atoms with Crippen molar-refractivity contribution >= 4 is 11.8 Å². The summed E-state index contributed by atoms with van der Waals surface area (Å²) in [6.45, 7) is 3.08. The second kappa shape index (κ2) is 10.0. The van der Waals surface area contributed by atoms with Gasteiger partial charge >= 0.3 is 0 Å². The van der Waals surface area contributed by atoms with Crippen molar-refractivity contribution in [3.63, 3.8) is 0 Å². The molecule has 0 N–H and O–H groups in total. The van der Waals surface area contributed by atoms with Crippen molar-refractivity contribution in [2.24, 2.45) is 7.05 Å². The number of ether oxygens (including phenoxy) is 1. The molecule has 0 unspecified atom stereocenters. The summed E-state index contributed by atoms with van der Waals surface area (Å²) in [6, 6.07) is 20.4. The molecule has 0 saturated carbocycles. The molecular formula is C26H25N5O2S. The lowest BCUT2D eigenvalue weighted by atomic mass is 10.2. The lowest BCUT2D eigenvalue weighted by molar-refractivity contribution is 0.292. The maximum absolute atomic E-state index is 5.86. The van der Waals surface area contributed by atoms with Crippen molar-refractivity contribution in [3.05, 3.63) is 102 Å². The predicted octanol–water partition coefficient (Wildman–Crippen LogP) is 5.50. The van der Waals surface area contributed by atoms with Gasteiger partial charge in [0.1, 0.15) is 23.9 Å². The SMILES string of the molecule is Cc1occc1-c1nnc(SCc2ccc(OCc3nccn3C)cc2)n1Cc1ccccc1. The molecule has 0 fully saturated rings. The Morgan fingerprint density at radius 3 is 2.50 bits per heavy atom. The van der Waals surface area contributed by atoms with Gasteiger partial charge in [-0.1, -0.05) is 54.2 Å². The molecule has 172 valence electrons. The van der Waals surface area contributed by atoms with E-state index in [1.165, 1.54) is 11.1 Å². The fourth-order valence-electron chi connectivity index (χ4n) is 3.63. The second-order valence-corrected chi connectivity index (χ2v) is 8.89. The normalized spacial score (nSPS) is 11.1. The highest BCUT2D eigenvalue weighted by Gasteiger charge is 2.18. The Morgan fingerprint density at radius 1 is 0.971 bits per heavy atom. The zero-order valence-electron chi connectivity index (χ0n) is 19.1. The lowest BCUT2D eigenvalue weighted by Crippen LogP contribution is -2.04. The van der Waals surface area contributed by atoms with Crippen LogP contribution in [0.3, 0.4) is 0 Å². The van der Waals surface area contributed by atoms with Gasteiger partial charge in [-0.3, -0.25) is 4.57 Å². The molecule has 0 aliphatic rings. The van der Waals surface area contributed by atoms with Crippen molar-refractivity contribution in [2.75, 3.05) is 0 Å². The van der Waals surface area contributed by atoms with E-state index in [4.69, 9.17) is 9.15 Å². The first-order valence-corrected chi connectivity index (χ1v) is 12.0. The van der Waals surface area contributed by atoms with Gasteiger partial charge in [0, 0.05) is 25.2 Å². The van der Waals surface area contributed by atoms with Crippen LogP contribution in [0.1, 0.15) is 22.7 Å². The summed E-state index contributed by atoms with van der Waals surface area (Å²) in [5.41, 5.74) is 3.34. The van der Waals surface area contributed by atoms with Crippen LogP contribution in [0.15, 0.2) is 88.9 Å². The smallest absolute Gasteiger partial charge is 0.192 e. The first-order chi connectivity index (χ1) is 16.7. The van der Waals surface area contributed by atoms with Crippen LogP contribution in [0.5, 0.6) is 5.75 Å². The molecule has 3 aromatic heterocycles. The molecule has 5 rings (SSSR count). The molecule has 0 amide bonds. The monoisotopic (exact) mass is 471 g/mol. The van der Waals surface area contributed by atoms with Gasteiger partial charge in [-0.15, -0.1) is 10.2 Å². The van der Waals surface area contributed by atoms with Crippen LogP contribution in [-0.2, 0) is 26.0 Å². The van der Waals surface area contributed by atoms with Crippen molar-refractivity contribution in [1.82, 2.24) is 24.3 Å². The van der Waals surface area contributed by atoms with E-state index in [-0.39, 0.29) is 0 Å². The van der Waals surface area contributed by atoms with E-state index in [0.29, 0.717) is 13.2 Å². The van der Waals surface area contributed by atoms with Gasteiger partial charge in [0.05, 0.1) is 18.4 Å². The van der Waals surface area contributed by atoms with Crippen molar-refractivity contribution in [2.45, 2.75) is 31.0 Å². The van der Waals surface area contributed by atoms with E-state index in [1.807, 2.05) is 61.1 Å². The molecular weight excluding hydrogens is 446 g/mol. The molecule has 34 heavy (non-hydrogen) atoms. The molecule has 0 aliphatic carbocycles. The Hall–Kier alpha value is -3.78. The Kier molecular flexibility index (Phi) is 6.49. The molecule has 8 heteroatoms. The van der Waals surface area contributed by atoms with Crippen molar-refractivity contribution < 1.29 is 9.15 Å². The van der Waals surface area contributed by atoms with Gasteiger partial charge in [0.25, 0.3) is 0 Å². The number of hydrogen-bond donors (Lipinski definition) is 0. The average Bonchev–Trinajstić information content (AvgIpc) is 3.58. The first kappa shape index (κ1) is 22.0. The minimum atomic E-state index is 0.441. The third-order valence-electron chi connectivity index (χ3n) is 5.58. The number of imidazole rings is 1. The van der Waals surface area contributed by atoms with E-state index in [2.05, 4.69) is 44.0 Å². The minimum Gasteiger partial charge on any atom is -0.486 e. The molecule has 0 atom stereocenters. The zero-order chi connectivity index (χ0) is 23.3. The van der Waals surface area contributed by atoms with Crippen LogP contribution in [0.2, 0.25) is 0 Å². The molecule has 2 aromatic carbocycles. The highest BCUT2D eigenvalue weighted by molar-refractivity contribution is 7.98. The number of thioether (sulfide) groups is 1. The third kappa shape index (κ3) is 4.92. The van der Waals surface area contributed by atoms with Crippen molar-refractivity contribution in [3.8, 4) is 17.1 Å². The Bertz CT molecular complexity index is 1360. The quantitative estimate of drug-likeness (QED) is 0.264. The molecule has 0 bridgehead atoms. The summed E-state index contributed by atoms with van der Waals surface area (Å²) in [5.74, 6) is 4.13. The number of rotatable bonds is 9. The van der Waals surface area contributed by atoms with Gasteiger partial charge in [0.2, 0.25) is 0 Å². The number of nitrogens with zero attached hydrogens (tertiary/aromatic N) is 5. The minimum absolute atomic E-state index is 0.441. The summed E-state index contributed by atoms with van der Waals surface area (Å²) >= 11 is 1.67. The van der Waals surface area contributed by atoms with Gasteiger partial charge < -0.3 is 13.7 Å². The molecule has 3 heterocycles. The number of furan rings is 1. The largest absolute Gasteiger partial charge is 0.486 e. The molecule has 0 radical (unpaired) electrons. The second-order valence-electron chi connectivity index (χ2n) is 7.94. The van der Waals surface area contributed by atoms with Crippen LogP contribution < -0.4 is 4.74 Å². The van der Waals surface area contributed by atoms with E-state index < -0.39 is 0 Å². The maximum atomic E-state index is 5.86. The third-order valence-corrected chi connectivity index (χ3v) is 6.62. The van der Waals surface area contributed by atoms with Crippen molar-refractivity contribution in [1.29, 1.82) is 0 Å². The summed E-state index contributed by atoms with van der Waals surface area (Å²) in [6.07, 6.45) is 5.38. The van der Waals surface area contributed by atoms with E-state index in [1.54, 1.807) is 24.2 Å². The lowest BCUT2D eigenvalue weighted by Gasteiger charge is -2.10. The Labute approximate surface area is 202 Å². The fraction of sp³-hybridized carbons (Fsp3) is 0.192. The van der Waals surface area contributed by atoms with Crippen LogP contribution in [0.25, 0.3) is 11.4 Å². The Morgan fingerprint density at radius 2 is 1.79 bits per heavy atom. The molecule has 0 aliphatic heterocycles. The predicted molar refractivity (Wildman–Crippen MR) is 132 cm³/mol. The molecule has 0 saturated heterocycles. The van der Waals surface area contributed by atoms with Gasteiger partial charge in [0.15, 0.2) is 11.0 Å². The Balaban J connectivity index is 1.30. The summed E-state index contributed by atoms with van der Waals surface area (Å²) < 4.78 is 15.5. The van der Waals surface area contributed by atoms with E-state index in [9.17, 15) is 0 Å². The first-order valence-electron chi connectivity index (χ1n) is 11.0. The van der Waals surface area contributed by atoms with Crippen LogP contribution in [-0.4, -0.2) is 24.3 Å². The number of aromatic nitrogens is 5. The maximum Gasteiger partial charge on any atom is 0.192 e. The van der Waals surface area contributed by atoms with Gasteiger partial charge in [-0.2, -0.15) is 0 Å². The molecule has 7 nitrogen and oxygen atoms in total. The standard InChI is InChI=1S/C26H25N5O2S/c1-19-23(12-15-32-19)25-28-29-26(31(25)16-20-6-4-3-5-7-20)34-18-21-8-10-22(11-9-21)33-17-24-27-13-14-30(24)2/h3-15H,16-18H2,1-2H3. The van der Waals surface area contributed by atoms with Gasteiger partial charge in [-0.25, -0.2) is 4.98 Å². The number of hydrogen-bond acceptors (Lipinski definition) is 6. The molecule has 5 aromatic rings. The topological polar surface area (TPSA) is 70.9 Å². The number of aryl methyl sites for hydroxylation is 2. The fourth-order valence-corrected chi connectivity index (χ4v) is 4.53. The summed E-state index contributed by atoms with van der Waals surface area (Å²) in [4.78, 5) is 4.29. The van der Waals surface area contributed by atoms with E-state index >= 15 is 0 Å². The van der Waals surface area contributed by atoms with E-state index in [0.717, 1.165) is 39.6 Å². The van der Waals surface area contributed by atoms with Crippen LogP contribution in [0, 0.1) is 6.92 Å². The summed E-state index contributed by atoms with van der Waals surface area (Å²) in [5, 5.41) is 9.88. The highest BCUT2D eigenvalue weighted by Crippen LogP contribution is 2.30.